The largest absolute Gasteiger partial charge is 0.469 e. The summed E-state index contributed by atoms with van der Waals surface area (Å²) in [6.07, 6.45) is 3.41. The molecule has 1 aromatic rings. The number of nitrogens with one attached hydrogen (secondary N) is 1. The van der Waals surface area contributed by atoms with Gasteiger partial charge in [-0.25, -0.2) is 5.10 Å². The van der Waals surface area contributed by atoms with E-state index in [1.54, 1.807) is 6.20 Å². The van der Waals surface area contributed by atoms with Crippen LogP contribution in [0.3, 0.4) is 0 Å². The molecule has 1 atom stereocenters. The molecule has 6 nitrogen and oxygen atoms in total. The summed E-state index contributed by atoms with van der Waals surface area (Å²) in [5, 5.41) is 6.25. The molecule has 0 spiro atoms. The summed E-state index contributed by atoms with van der Waals surface area (Å²) in [5.74, 6) is -0.0847. The lowest BCUT2D eigenvalue weighted by Crippen LogP contribution is -2.45. The number of ether oxygens (including phenoxy) is 1. The monoisotopic (exact) mass is 313 g/mol. The van der Waals surface area contributed by atoms with E-state index in [0.717, 1.165) is 19.4 Å². The van der Waals surface area contributed by atoms with Crippen molar-refractivity contribution in [2.24, 2.45) is 11.3 Å². The first-order valence-electron chi connectivity index (χ1n) is 6.94. The molecule has 1 saturated heterocycles. The van der Waals surface area contributed by atoms with Crippen LogP contribution in [-0.4, -0.2) is 36.4 Å². The summed E-state index contributed by atoms with van der Waals surface area (Å²) >= 11 is 6.06. The van der Waals surface area contributed by atoms with Crippen molar-refractivity contribution in [3.63, 3.8) is 0 Å². The maximum Gasteiger partial charge on any atom is 0.311 e. The summed E-state index contributed by atoms with van der Waals surface area (Å²) in [7, 11) is 1.40. The topological polar surface area (TPSA) is 75.3 Å². The molecule has 0 bridgehead atoms. The third-order valence-corrected chi connectivity index (χ3v) is 4.64. The van der Waals surface area contributed by atoms with E-state index in [1.807, 2.05) is 18.7 Å². The van der Waals surface area contributed by atoms with Gasteiger partial charge in [-0.3, -0.25) is 9.59 Å². The molecule has 2 heterocycles. The van der Waals surface area contributed by atoms with E-state index in [1.165, 1.54) is 7.11 Å². The van der Waals surface area contributed by atoms with Crippen LogP contribution in [0.2, 0.25) is 5.02 Å². The van der Waals surface area contributed by atoms with Crippen LogP contribution in [0, 0.1) is 11.3 Å². The molecule has 0 amide bonds. The van der Waals surface area contributed by atoms with Crippen LogP contribution in [0.25, 0.3) is 0 Å². The number of halogens is 1. The number of rotatable bonds is 3. The molecular formula is C14H20ClN3O3. The lowest BCUT2D eigenvalue weighted by Gasteiger charge is -2.40. The standard InChI is InChI=1S/C14H20ClN3O3/c1-14(2,13(20)21-3)9-5-4-6-18(8-9)10-7-16-17-12(19)11(10)15/h7,9H,4-6,8H2,1-3H3,(H,17,19). The molecule has 0 radical (unpaired) electrons. The fraction of sp³-hybridized carbons (Fsp3) is 0.643. The predicted octanol–water partition coefficient (Wildman–Crippen LogP) is 1.84. The highest BCUT2D eigenvalue weighted by atomic mass is 35.5. The molecule has 7 heteroatoms. The van der Waals surface area contributed by atoms with Gasteiger partial charge in [0.2, 0.25) is 0 Å². The van der Waals surface area contributed by atoms with Crippen molar-refractivity contribution in [3.05, 3.63) is 21.6 Å². The SMILES string of the molecule is COC(=O)C(C)(C)C1CCCN(c2cn[nH]c(=O)c2Cl)C1. The highest BCUT2D eigenvalue weighted by Gasteiger charge is 2.40. The van der Waals surface area contributed by atoms with Gasteiger partial charge in [-0.1, -0.05) is 11.6 Å². The van der Waals surface area contributed by atoms with Crippen LogP contribution in [0.5, 0.6) is 0 Å². The van der Waals surface area contributed by atoms with Gasteiger partial charge in [0.1, 0.15) is 5.02 Å². The Morgan fingerprint density at radius 1 is 1.57 bits per heavy atom. The first kappa shape index (κ1) is 15.8. The predicted molar refractivity (Wildman–Crippen MR) is 80.6 cm³/mol. The Morgan fingerprint density at radius 3 is 2.95 bits per heavy atom. The second kappa shape index (κ2) is 6.05. The zero-order valence-corrected chi connectivity index (χ0v) is 13.2. The number of carbonyl (C=O) groups excluding carboxylic acids is 1. The molecule has 1 aliphatic heterocycles. The normalized spacial score (nSPS) is 19.4. The van der Waals surface area contributed by atoms with Gasteiger partial charge in [-0.05, 0) is 32.6 Å². The third kappa shape index (κ3) is 3.05. The molecule has 1 fully saturated rings. The van der Waals surface area contributed by atoms with Gasteiger partial charge in [-0.15, -0.1) is 0 Å². The van der Waals surface area contributed by atoms with E-state index in [4.69, 9.17) is 16.3 Å². The zero-order chi connectivity index (χ0) is 15.6. The van der Waals surface area contributed by atoms with Gasteiger partial charge in [0.15, 0.2) is 0 Å². The summed E-state index contributed by atoms with van der Waals surface area (Å²) in [6.45, 7) is 5.22. The number of esters is 1. The number of hydrogen-bond acceptors (Lipinski definition) is 5. The summed E-state index contributed by atoms with van der Waals surface area (Å²) in [5.41, 5.74) is -0.358. The number of aromatic amines is 1. The number of nitrogens with zero attached hydrogens (tertiary/aromatic N) is 2. The van der Waals surface area contributed by atoms with Crippen LogP contribution in [0.1, 0.15) is 26.7 Å². The number of aromatic nitrogens is 2. The van der Waals surface area contributed by atoms with E-state index in [-0.39, 0.29) is 16.9 Å². The first-order chi connectivity index (χ1) is 9.87. The van der Waals surface area contributed by atoms with Crippen molar-refractivity contribution in [2.45, 2.75) is 26.7 Å². The van der Waals surface area contributed by atoms with E-state index in [2.05, 4.69) is 10.2 Å². The fourth-order valence-electron chi connectivity index (χ4n) is 2.81. The molecule has 2 rings (SSSR count). The van der Waals surface area contributed by atoms with Crippen LogP contribution in [-0.2, 0) is 9.53 Å². The average molecular weight is 314 g/mol. The van der Waals surface area contributed by atoms with Gasteiger partial charge in [-0.2, -0.15) is 5.10 Å². The molecule has 21 heavy (non-hydrogen) atoms. The number of anilines is 1. The minimum absolute atomic E-state index is 0.133. The number of carbonyl (C=O) groups is 1. The van der Waals surface area contributed by atoms with Crippen molar-refractivity contribution in [1.82, 2.24) is 10.2 Å². The summed E-state index contributed by atoms with van der Waals surface area (Å²) < 4.78 is 4.90. The van der Waals surface area contributed by atoms with Crippen LogP contribution < -0.4 is 10.5 Å². The van der Waals surface area contributed by atoms with Crippen LogP contribution >= 0.6 is 11.6 Å². The lowest BCUT2D eigenvalue weighted by atomic mass is 9.74. The third-order valence-electron chi connectivity index (χ3n) is 4.27. The maximum absolute atomic E-state index is 12.0. The van der Waals surface area contributed by atoms with Crippen molar-refractivity contribution in [2.75, 3.05) is 25.1 Å². The molecule has 1 unspecified atom stereocenters. The Bertz CT molecular complexity index is 585. The van der Waals surface area contributed by atoms with Gasteiger partial charge in [0.25, 0.3) is 5.56 Å². The molecule has 0 aromatic carbocycles. The smallest absolute Gasteiger partial charge is 0.311 e. The quantitative estimate of drug-likeness (QED) is 0.862. The van der Waals surface area contributed by atoms with Gasteiger partial charge >= 0.3 is 5.97 Å². The Hall–Kier alpha value is -1.56. The van der Waals surface area contributed by atoms with Gasteiger partial charge < -0.3 is 9.64 Å². The molecule has 116 valence electrons. The first-order valence-corrected chi connectivity index (χ1v) is 7.32. The van der Waals surface area contributed by atoms with Crippen molar-refractivity contribution < 1.29 is 9.53 Å². The lowest BCUT2D eigenvalue weighted by molar-refractivity contribution is -0.154. The van der Waals surface area contributed by atoms with Gasteiger partial charge in [0, 0.05) is 13.1 Å². The van der Waals surface area contributed by atoms with Crippen molar-refractivity contribution in [1.29, 1.82) is 0 Å². The summed E-state index contributed by atoms with van der Waals surface area (Å²) in [4.78, 5) is 25.5. The molecule has 0 saturated carbocycles. The number of H-pyrrole nitrogens is 1. The van der Waals surface area contributed by atoms with E-state index in [0.29, 0.717) is 12.2 Å². The zero-order valence-electron chi connectivity index (χ0n) is 12.5. The van der Waals surface area contributed by atoms with Crippen LogP contribution in [0.15, 0.2) is 11.0 Å². The molecule has 1 aliphatic rings. The maximum atomic E-state index is 12.0. The molecule has 1 aromatic heterocycles. The highest BCUT2D eigenvalue weighted by Crippen LogP contribution is 2.37. The van der Waals surface area contributed by atoms with E-state index < -0.39 is 11.0 Å². The molecular weight excluding hydrogens is 294 g/mol. The highest BCUT2D eigenvalue weighted by molar-refractivity contribution is 6.33. The number of hydrogen-bond donors (Lipinski definition) is 1. The molecule has 0 aliphatic carbocycles. The summed E-state index contributed by atoms with van der Waals surface area (Å²) in [6, 6.07) is 0. The Balaban J connectivity index is 2.23. The average Bonchev–Trinajstić information content (AvgIpc) is 2.49. The van der Waals surface area contributed by atoms with Crippen molar-refractivity contribution in [3.8, 4) is 0 Å². The molecule has 1 N–H and O–H groups in total. The number of piperidine rings is 1. The van der Waals surface area contributed by atoms with E-state index in [9.17, 15) is 9.59 Å². The van der Waals surface area contributed by atoms with E-state index >= 15 is 0 Å². The van der Waals surface area contributed by atoms with Crippen molar-refractivity contribution >= 4 is 23.3 Å². The van der Waals surface area contributed by atoms with Gasteiger partial charge in [0.05, 0.1) is 24.4 Å². The Morgan fingerprint density at radius 2 is 2.29 bits per heavy atom. The minimum atomic E-state index is -0.575. The number of methoxy groups -OCH3 is 1. The van der Waals surface area contributed by atoms with Crippen LogP contribution in [0.4, 0.5) is 5.69 Å². The minimum Gasteiger partial charge on any atom is -0.469 e. The Kier molecular flexibility index (Phi) is 4.56. The second-order valence-corrected chi connectivity index (χ2v) is 6.27. The second-order valence-electron chi connectivity index (χ2n) is 5.90. The Labute approximate surface area is 128 Å². The fourth-order valence-corrected chi connectivity index (χ4v) is 3.02.